The van der Waals surface area contributed by atoms with Crippen molar-refractivity contribution in [3.8, 4) is 0 Å². The molecule has 1 aliphatic heterocycles. The molecule has 1 radical (unpaired) electrons. The van der Waals surface area contributed by atoms with Crippen LogP contribution in [-0.2, 0) is 16.0 Å². The molecule has 1 aromatic carbocycles. The molecule has 1 saturated heterocycles. The zero-order valence-corrected chi connectivity index (χ0v) is 11.9. The molecule has 5 N–H and O–H groups in total. The van der Waals surface area contributed by atoms with Crippen molar-refractivity contribution in [2.75, 3.05) is 6.54 Å². The zero-order chi connectivity index (χ0) is 16.3. The summed E-state index contributed by atoms with van der Waals surface area (Å²) >= 11 is 0. The Morgan fingerprint density at radius 3 is 2.45 bits per heavy atom. The van der Waals surface area contributed by atoms with E-state index in [1.54, 1.807) is 0 Å². The van der Waals surface area contributed by atoms with Crippen LogP contribution in [0.2, 0.25) is 0 Å². The van der Waals surface area contributed by atoms with E-state index in [4.69, 9.17) is 5.73 Å². The van der Waals surface area contributed by atoms with Crippen molar-refractivity contribution in [3.05, 3.63) is 42.0 Å². The van der Waals surface area contributed by atoms with Gasteiger partial charge in [0.2, 0.25) is 11.8 Å². The van der Waals surface area contributed by atoms with Gasteiger partial charge in [0.1, 0.15) is 18.2 Å². The highest BCUT2D eigenvalue weighted by Crippen LogP contribution is 2.22. The third kappa shape index (κ3) is 3.62. The third-order valence-corrected chi connectivity index (χ3v) is 3.66. The highest BCUT2D eigenvalue weighted by Gasteiger charge is 2.45. The number of primary amides is 1. The van der Waals surface area contributed by atoms with Crippen LogP contribution < -0.4 is 5.73 Å². The second-order valence-electron chi connectivity index (χ2n) is 5.36. The molecule has 0 saturated carbocycles. The fourth-order valence-corrected chi connectivity index (χ4v) is 2.57. The Balaban J connectivity index is 1.97. The summed E-state index contributed by atoms with van der Waals surface area (Å²) in [4.78, 5) is 24.5. The number of nitrogens with two attached hydrogens (primary N) is 1. The van der Waals surface area contributed by atoms with E-state index in [2.05, 4.69) is 0 Å². The van der Waals surface area contributed by atoms with Gasteiger partial charge in [-0.1, -0.05) is 30.3 Å². The number of rotatable bonds is 5. The first-order valence-electron chi connectivity index (χ1n) is 6.92. The molecule has 2 amide bonds. The lowest BCUT2D eigenvalue weighted by Gasteiger charge is -2.24. The monoisotopic (exact) mass is 307 g/mol. The summed E-state index contributed by atoms with van der Waals surface area (Å²) in [6, 6.07) is 7.84. The Kier molecular flexibility index (Phi) is 5.12. The molecule has 7 nitrogen and oxygen atoms in total. The molecule has 3 atom stereocenters. The molecule has 1 heterocycles. The van der Waals surface area contributed by atoms with Gasteiger partial charge in [0.15, 0.2) is 0 Å². The van der Waals surface area contributed by atoms with Crippen LogP contribution in [0.15, 0.2) is 30.3 Å². The number of aliphatic hydroxyl groups excluding tert-OH is 3. The van der Waals surface area contributed by atoms with Gasteiger partial charge in [-0.15, -0.1) is 0 Å². The number of aliphatic hydroxyl groups is 3. The quantitative estimate of drug-likeness (QED) is 0.552. The highest BCUT2D eigenvalue weighted by molar-refractivity contribution is 5.88. The van der Waals surface area contributed by atoms with Gasteiger partial charge in [-0.25, -0.2) is 0 Å². The molecule has 1 fully saturated rings. The maximum atomic E-state index is 12.2. The largest absolute Gasteiger partial charge is 0.388 e. The summed E-state index contributed by atoms with van der Waals surface area (Å²) in [7, 11) is 0. The van der Waals surface area contributed by atoms with Gasteiger partial charge in [0, 0.05) is 6.42 Å². The SMILES string of the molecule is NC(=O)[C@H]1[C@@H](O)[C@@H](O)CN1C(=O)C[C](O)Cc1ccccc1. The van der Waals surface area contributed by atoms with Gasteiger partial charge in [-0.3, -0.25) is 9.59 Å². The van der Waals surface area contributed by atoms with E-state index in [9.17, 15) is 24.9 Å². The lowest BCUT2D eigenvalue weighted by molar-refractivity contribution is -0.139. The smallest absolute Gasteiger partial charge is 0.243 e. The fourth-order valence-electron chi connectivity index (χ4n) is 2.57. The van der Waals surface area contributed by atoms with E-state index in [1.807, 2.05) is 30.3 Å². The molecule has 0 aromatic heterocycles. The maximum Gasteiger partial charge on any atom is 0.243 e. The van der Waals surface area contributed by atoms with Crippen LogP contribution in [0.5, 0.6) is 0 Å². The van der Waals surface area contributed by atoms with Crippen LogP contribution in [0, 0.1) is 6.10 Å². The van der Waals surface area contributed by atoms with Gasteiger partial charge in [-0.2, -0.15) is 0 Å². The van der Waals surface area contributed by atoms with Crippen LogP contribution in [0.3, 0.4) is 0 Å². The molecule has 0 spiro atoms. The lowest BCUT2D eigenvalue weighted by atomic mass is 10.0. The molecule has 22 heavy (non-hydrogen) atoms. The van der Waals surface area contributed by atoms with Gasteiger partial charge in [-0.05, 0) is 5.56 Å². The van der Waals surface area contributed by atoms with Gasteiger partial charge < -0.3 is 26.0 Å². The normalized spacial score (nSPS) is 24.7. The minimum Gasteiger partial charge on any atom is -0.388 e. The van der Waals surface area contributed by atoms with Crippen LogP contribution in [0.25, 0.3) is 0 Å². The Morgan fingerprint density at radius 1 is 1.23 bits per heavy atom. The Labute approximate surface area is 128 Å². The first-order chi connectivity index (χ1) is 10.4. The summed E-state index contributed by atoms with van der Waals surface area (Å²) in [5.41, 5.74) is 6.01. The number of β-amino-alcohol motifs (C(OH)–C–C–N with tert-alkyl or cyclic N) is 1. The number of amides is 2. The summed E-state index contributed by atoms with van der Waals surface area (Å²) in [5.74, 6) is -1.45. The Morgan fingerprint density at radius 2 is 1.86 bits per heavy atom. The molecular formula is C15H19N2O5. The number of hydrogen-bond donors (Lipinski definition) is 4. The molecule has 7 heteroatoms. The average Bonchev–Trinajstić information content (AvgIpc) is 2.76. The van der Waals surface area contributed by atoms with Gasteiger partial charge in [0.05, 0.1) is 19.1 Å². The number of benzene rings is 1. The predicted molar refractivity (Wildman–Crippen MR) is 76.7 cm³/mol. The van der Waals surface area contributed by atoms with Crippen molar-refractivity contribution < 1.29 is 24.9 Å². The van der Waals surface area contributed by atoms with Crippen molar-refractivity contribution >= 4 is 11.8 Å². The first-order valence-corrected chi connectivity index (χ1v) is 6.92. The van der Waals surface area contributed by atoms with Gasteiger partial charge in [0.25, 0.3) is 0 Å². The molecule has 119 valence electrons. The highest BCUT2D eigenvalue weighted by atomic mass is 16.3. The van der Waals surface area contributed by atoms with E-state index < -0.39 is 30.1 Å². The second-order valence-corrected chi connectivity index (χ2v) is 5.36. The molecule has 0 aliphatic carbocycles. The number of carbonyl (C=O) groups excluding carboxylic acids is 2. The van der Waals surface area contributed by atoms with Crippen LogP contribution in [-0.4, -0.2) is 56.8 Å². The van der Waals surface area contributed by atoms with Crippen molar-refractivity contribution in [2.24, 2.45) is 5.73 Å². The third-order valence-electron chi connectivity index (χ3n) is 3.66. The fraction of sp³-hybridized carbons (Fsp3) is 0.400. The van der Waals surface area contributed by atoms with Crippen molar-refractivity contribution in [1.82, 2.24) is 4.90 Å². The van der Waals surface area contributed by atoms with Gasteiger partial charge >= 0.3 is 0 Å². The van der Waals surface area contributed by atoms with Crippen LogP contribution >= 0.6 is 0 Å². The number of hydrogen-bond acceptors (Lipinski definition) is 5. The van der Waals surface area contributed by atoms with E-state index >= 15 is 0 Å². The number of nitrogens with zero attached hydrogens (tertiary/aromatic N) is 1. The number of likely N-dealkylation sites (tertiary alicyclic amines) is 1. The molecule has 1 aromatic rings. The predicted octanol–water partition coefficient (Wildman–Crippen LogP) is -1.06. The Hall–Kier alpha value is -1.96. The first kappa shape index (κ1) is 16.4. The van der Waals surface area contributed by atoms with E-state index in [1.165, 1.54) is 0 Å². The summed E-state index contributed by atoms with van der Waals surface area (Å²) in [5, 5.41) is 29.2. The average molecular weight is 307 g/mol. The second kappa shape index (κ2) is 6.87. The topological polar surface area (TPSA) is 124 Å². The molecule has 1 aliphatic rings. The van der Waals surface area contributed by atoms with Crippen molar-refractivity contribution in [3.63, 3.8) is 0 Å². The van der Waals surface area contributed by atoms with Crippen LogP contribution in [0.4, 0.5) is 0 Å². The minimum absolute atomic E-state index is 0.0599. The Bertz CT molecular complexity index is 536. The molecule has 0 unspecified atom stereocenters. The lowest BCUT2D eigenvalue weighted by Crippen LogP contribution is -2.48. The summed E-state index contributed by atoms with van der Waals surface area (Å²) < 4.78 is 0. The summed E-state index contributed by atoms with van der Waals surface area (Å²) in [6.45, 7) is -0.188. The summed E-state index contributed by atoms with van der Waals surface area (Å²) in [6.07, 6.45) is -2.77. The zero-order valence-electron chi connectivity index (χ0n) is 11.9. The van der Waals surface area contributed by atoms with E-state index in [0.717, 1.165) is 10.5 Å². The van der Waals surface area contributed by atoms with Crippen molar-refractivity contribution in [1.29, 1.82) is 0 Å². The number of carbonyl (C=O) groups is 2. The van der Waals surface area contributed by atoms with Crippen LogP contribution in [0.1, 0.15) is 12.0 Å². The standard InChI is InChI=1S/C15H19N2O5/c16-15(22)13-14(21)11(19)8-17(13)12(20)7-10(18)6-9-4-2-1-3-5-9/h1-5,11,13-14,18-19,21H,6-8H2,(H2,16,22)/t11-,13+,14-/m0/s1. The van der Waals surface area contributed by atoms with Crippen molar-refractivity contribution in [2.45, 2.75) is 31.1 Å². The van der Waals surface area contributed by atoms with E-state index in [-0.39, 0.29) is 25.5 Å². The molecule has 2 rings (SSSR count). The minimum atomic E-state index is -1.40. The van der Waals surface area contributed by atoms with E-state index in [0.29, 0.717) is 0 Å². The molecule has 0 bridgehead atoms. The maximum absolute atomic E-state index is 12.2. The molecular weight excluding hydrogens is 288 g/mol.